The number of carbonyl (C=O) groups excluding carboxylic acids is 3. The molecule has 3 amide bonds. The van der Waals surface area contributed by atoms with Crippen molar-refractivity contribution < 1.29 is 22.8 Å². The highest BCUT2D eigenvalue weighted by molar-refractivity contribution is 7.89. The summed E-state index contributed by atoms with van der Waals surface area (Å²) in [6, 6.07) is 13.5. The van der Waals surface area contributed by atoms with Crippen LogP contribution in [-0.2, 0) is 30.8 Å². The van der Waals surface area contributed by atoms with Crippen LogP contribution in [0.15, 0.2) is 47.4 Å². The van der Waals surface area contributed by atoms with Crippen molar-refractivity contribution in [1.82, 2.24) is 19.4 Å². The third-order valence-corrected chi connectivity index (χ3v) is 13.6. The molecule has 2 unspecified atom stereocenters. The number of rotatable bonds is 11. The number of likely N-dealkylation sites (tertiary alicyclic amines) is 1. The molecule has 0 aliphatic carbocycles. The van der Waals surface area contributed by atoms with Gasteiger partial charge in [-0.1, -0.05) is 36.2 Å². The molecule has 50 heavy (non-hydrogen) atoms. The van der Waals surface area contributed by atoms with Gasteiger partial charge >= 0.3 is 0 Å². The van der Waals surface area contributed by atoms with Gasteiger partial charge in [-0.05, 0) is 100 Å². The fraction of sp³-hybridized carbons (Fsp3) is 0.605. The first-order chi connectivity index (χ1) is 24.0. The Morgan fingerprint density at radius 3 is 2.18 bits per heavy atom. The molecular formula is C38H52ClN5O5S. The van der Waals surface area contributed by atoms with Crippen LogP contribution < -0.4 is 10.2 Å². The van der Waals surface area contributed by atoms with Crippen LogP contribution in [0.5, 0.6) is 0 Å². The second-order valence-corrected chi connectivity index (χ2v) is 17.0. The molecule has 4 aliphatic rings. The van der Waals surface area contributed by atoms with Crippen LogP contribution in [0.2, 0.25) is 5.02 Å². The SMILES string of the molecule is CC(=O)N1CCC(C(=O)N(CCCN2C3CCC2CC(NC(=O)Cc2ccc(S(=O)(=O)N4CCCCC4)cc2)C3)c2ccc(C)c(Cl)c2)CC1. The van der Waals surface area contributed by atoms with Gasteiger partial charge in [-0.3, -0.25) is 19.3 Å². The Balaban J connectivity index is 1.00. The van der Waals surface area contributed by atoms with Gasteiger partial charge in [-0.25, -0.2) is 8.42 Å². The maximum absolute atomic E-state index is 13.9. The summed E-state index contributed by atoms with van der Waals surface area (Å²) in [6.07, 6.45) is 9.27. The first-order valence-corrected chi connectivity index (χ1v) is 20.3. The lowest BCUT2D eigenvalue weighted by atomic mass is 9.94. The Hall–Kier alpha value is -2.99. The number of amides is 3. The summed E-state index contributed by atoms with van der Waals surface area (Å²) < 4.78 is 27.6. The van der Waals surface area contributed by atoms with Crippen molar-refractivity contribution in [1.29, 1.82) is 0 Å². The Bertz CT molecular complexity index is 1630. The summed E-state index contributed by atoms with van der Waals surface area (Å²) in [5, 5.41) is 3.92. The van der Waals surface area contributed by atoms with Crippen LogP contribution in [0, 0.1) is 12.8 Å². The fourth-order valence-corrected chi connectivity index (χ4v) is 10.1. The largest absolute Gasteiger partial charge is 0.353 e. The molecular weight excluding hydrogens is 674 g/mol. The Morgan fingerprint density at radius 1 is 0.900 bits per heavy atom. The van der Waals surface area contributed by atoms with E-state index in [0.717, 1.165) is 74.7 Å². The number of anilines is 1. The highest BCUT2D eigenvalue weighted by atomic mass is 35.5. The number of hydrogen-bond acceptors (Lipinski definition) is 6. The maximum atomic E-state index is 13.9. The van der Waals surface area contributed by atoms with E-state index in [1.807, 2.05) is 34.9 Å². The molecule has 0 spiro atoms. The summed E-state index contributed by atoms with van der Waals surface area (Å²) in [7, 11) is -3.49. The average molecular weight is 726 g/mol. The topological polar surface area (TPSA) is 110 Å². The molecule has 0 saturated carbocycles. The van der Waals surface area contributed by atoms with Gasteiger partial charge in [-0.15, -0.1) is 0 Å². The lowest BCUT2D eigenvalue weighted by Crippen LogP contribution is -2.51. The minimum Gasteiger partial charge on any atom is -0.353 e. The zero-order chi connectivity index (χ0) is 35.4. The maximum Gasteiger partial charge on any atom is 0.243 e. The number of benzene rings is 2. The third kappa shape index (κ3) is 8.54. The van der Waals surface area contributed by atoms with E-state index >= 15 is 0 Å². The van der Waals surface area contributed by atoms with Crippen LogP contribution in [0.25, 0.3) is 0 Å². The van der Waals surface area contributed by atoms with Gasteiger partial charge in [0.2, 0.25) is 27.7 Å². The fourth-order valence-electron chi connectivity index (χ4n) is 8.44. The second-order valence-electron chi connectivity index (χ2n) is 14.7. The first kappa shape index (κ1) is 36.8. The number of halogens is 1. The van der Waals surface area contributed by atoms with Crippen molar-refractivity contribution >= 4 is 45.0 Å². The van der Waals surface area contributed by atoms with E-state index in [0.29, 0.717) is 62.7 Å². The number of nitrogens with one attached hydrogen (secondary N) is 1. The standard InChI is InChI=1S/C38H52ClN5O5S/c1-27-7-10-34(26-36(27)39)44(38(47)30-15-21-41(22-16-30)28(2)45)20-6-19-43-32-11-12-33(43)25-31(24-32)40-37(46)23-29-8-13-35(14-9-29)50(48,49)42-17-4-3-5-18-42/h7-10,13-14,26,30-33H,3-6,11-12,15-25H2,1-2H3,(H,40,46). The van der Waals surface area contributed by atoms with Crippen molar-refractivity contribution in [2.75, 3.05) is 44.2 Å². The van der Waals surface area contributed by atoms with Crippen molar-refractivity contribution in [2.24, 2.45) is 5.92 Å². The lowest BCUT2D eigenvalue weighted by Gasteiger charge is -2.40. The van der Waals surface area contributed by atoms with Crippen LogP contribution in [0.1, 0.15) is 82.3 Å². The van der Waals surface area contributed by atoms with Gasteiger partial charge in [0.25, 0.3) is 0 Å². The van der Waals surface area contributed by atoms with E-state index in [2.05, 4.69) is 10.2 Å². The van der Waals surface area contributed by atoms with Gasteiger partial charge in [0, 0.05) is 80.9 Å². The Labute approximate surface area is 302 Å². The van der Waals surface area contributed by atoms with E-state index in [1.165, 1.54) is 0 Å². The lowest BCUT2D eigenvalue weighted by molar-refractivity contribution is -0.133. The van der Waals surface area contributed by atoms with Crippen molar-refractivity contribution in [3.8, 4) is 0 Å². The molecule has 0 aromatic heterocycles. The molecule has 0 radical (unpaired) electrons. The number of carbonyl (C=O) groups is 3. The molecule has 4 heterocycles. The normalized spacial score (nSPS) is 23.5. The van der Waals surface area contributed by atoms with Gasteiger partial charge in [0.15, 0.2) is 0 Å². The summed E-state index contributed by atoms with van der Waals surface area (Å²) in [4.78, 5) is 45.4. The summed E-state index contributed by atoms with van der Waals surface area (Å²) >= 11 is 6.51. The average Bonchev–Trinajstić information content (AvgIpc) is 3.35. The third-order valence-electron chi connectivity index (χ3n) is 11.3. The molecule has 2 aromatic carbocycles. The minimum absolute atomic E-state index is 0.0328. The number of hydrogen-bond donors (Lipinski definition) is 1. The van der Waals surface area contributed by atoms with Crippen LogP contribution in [0.4, 0.5) is 5.69 Å². The molecule has 4 fully saturated rings. The highest BCUT2D eigenvalue weighted by Crippen LogP contribution is 2.36. The van der Waals surface area contributed by atoms with Crippen LogP contribution in [-0.4, -0.2) is 97.6 Å². The molecule has 2 bridgehead atoms. The van der Waals surface area contributed by atoms with Gasteiger partial charge < -0.3 is 15.1 Å². The van der Waals surface area contributed by atoms with E-state index in [9.17, 15) is 22.8 Å². The molecule has 2 aromatic rings. The monoisotopic (exact) mass is 725 g/mol. The smallest absolute Gasteiger partial charge is 0.243 e. The highest BCUT2D eigenvalue weighted by Gasteiger charge is 2.41. The van der Waals surface area contributed by atoms with Gasteiger partial charge in [0.05, 0.1) is 11.3 Å². The molecule has 1 N–H and O–H groups in total. The molecule has 272 valence electrons. The minimum atomic E-state index is -3.49. The zero-order valence-electron chi connectivity index (χ0n) is 29.5. The number of aryl methyl sites for hydroxylation is 1. The van der Waals surface area contributed by atoms with E-state index < -0.39 is 10.0 Å². The number of piperidine rings is 3. The quantitative estimate of drug-likeness (QED) is 0.343. The second kappa shape index (κ2) is 16.1. The number of sulfonamides is 1. The summed E-state index contributed by atoms with van der Waals surface area (Å²) in [5.74, 6) is 0.0146. The number of fused-ring (bicyclic) bond motifs is 2. The zero-order valence-corrected chi connectivity index (χ0v) is 31.1. The molecule has 10 nitrogen and oxygen atoms in total. The summed E-state index contributed by atoms with van der Waals surface area (Å²) in [6.45, 7) is 7.38. The van der Waals surface area contributed by atoms with Crippen LogP contribution >= 0.6 is 11.6 Å². The summed E-state index contributed by atoms with van der Waals surface area (Å²) in [5.41, 5.74) is 2.60. The van der Waals surface area contributed by atoms with Crippen LogP contribution in [0.3, 0.4) is 0 Å². The number of nitrogens with zero attached hydrogens (tertiary/aromatic N) is 4. The van der Waals surface area contributed by atoms with Gasteiger partial charge in [0.1, 0.15) is 0 Å². The predicted molar refractivity (Wildman–Crippen MR) is 196 cm³/mol. The molecule has 2 atom stereocenters. The van der Waals surface area contributed by atoms with Crippen molar-refractivity contribution in [3.63, 3.8) is 0 Å². The predicted octanol–water partition coefficient (Wildman–Crippen LogP) is 5.16. The van der Waals surface area contributed by atoms with Crippen molar-refractivity contribution in [3.05, 3.63) is 58.6 Å². The molecule has 6 rings (SSSR count). The van der Waals surface area contributed by atoms with E-state index in [-0.39, 0.29) is 41.0 Å². The van der Waals surface area contributed by atoms with E-state index in [1.54, 1.807) is 35.5 Å². The molecule has 12 heteroatoms. The molecule has 4 saturated heterocycles. The Morgan fingerprint density at radius 2 is 1.56 bits per heavy atom. The molecule has 4 aliphatic heterocycles. The first-order valence-electron chi connectivity index (χ1n) is 18.5. The van der Waals surface area contributed by atoms with Crippen molar-refractivity contribution in [2.45, 2.75) is 107 Å². The van der Waals surface area contributed by atoms with E-state index in [4.69, 9.17) is 11.6 Å². The van der Waals surface area contributed by atoms with Gasteiger partial charge in [-0.2, -0.15) is 4.31 Å². The Kier molecular flexibility index (Phi) is 11.9.